The van der Waals surface area contributed by atoms with Crippen LogP contribution in [0, 0.1) is 16.0 Å². The van der Waals surface area contributed by atoms with Crippen molar-refractivity contribution in [2.75, 3.05) is 17.7 Å². The zero-order chi connectivity index (χ0) is 15.2. The van der Waals surface area contributed by atoms with Crippen molar-refractivity contribution in [3.8, 4) is 0 Å². The van der Waals surface area contributed by atoms with Gasteiger partial charge in [0, 0.05) is 13.1 Å². The summed E-state index contributed by atoms with van der Waals surface area (Å²) >= 11 is 0. The predicted octanol–water partition coefficient (Wildman–Crippen LogP) is 4.41. The Bertz CT molecular complexity index is 482. The summed E-state index contributed by atoms with van der Waals surface area (Å²) in [7, 11) is 1.71. The summed E-state index contributed by atoms with van der Waals surface area (Å²) in [5.41, 5.74) is 1.34. The third-order valence-electron chi connectivity index (χ3n) is 4.39. The average molecular weight is 291 g/mol. The lowest BCUT2D eigenvalue weighted by molar-refractivity contribution is -0.383. The third-order valence-corrected chi connectivity index (χ3v) is 4.39. The SMILES string of the molecule is CCCC1CCC(Nc2cccc(NC)c2[N+](=O)[O-])CC1. The molecular formula is C16H25N3O2. The lowest BCUT2D eigenvalue weighted by atomic mass is 9.83. The molecule has 2 N–H and O–H groups in total. The third kappa shape index (κ3) is 3.86. The second-order valence-corrected chi connectivity index (χ2v) is 5.86. The van der Waals surface area contributed by atoms with Gasteiger partial charge in [0.1, 0.15) is 11.4 Å². The fraction of sp³-hybridized carbons (Fsp3) is 0.625. The average Bonchev–Trinajstić information content (AvgIpc) is 2.49. The number of rotatable bonds is 6. The molecule has 5 heteroatoms. The Kier molecular flexibility index (Phi) is 5.42. The molecule has 21 heavy (non-hydrogen) atoms. The summed E-state index contributed by atoms with van der Waals surface area (Å²) in [6.45, 7) is 2.23. The minimum Gasteiger partial charge on any atom is -0.382 e. The Morgan fingerprint density at radius 1 is 1.24 bits per heavy atom. The lowest BCUT2D eigenvalue weighted by Crippen LogP contribution is -2.26. The highest BCUT2D eigenvalue weighted by atomic mass is 16.6. The normalized spacial score (nSPS) is 21.8. The van der Waals surface area contributed by atoms with Crippen LogP contribution in [0.5, 0.6) is 0 Å². The van der Waals surface area contributed by atoms with E-state index in [4.69, 9.17) is 0 Å². The van der Waals surface area contributed by atoms with Gasteiger partial charge in [0.25, 0.3) is 0 Å². The first-order valence-electron chi connectivity index (χ1n) is 7.87. The van der Waals surface area contributed by atoms with Crippen LogP contribution in [0.25, 0.3) is 0 Å². The predicted molar refractivity (Wildman–Crippen MR) is 86.9 cm³/mol. The number of nitrogens with zero attached hydrogens (tertiary/aromatic N) is 1. The van der Waals surface area contributed by atoms with Gasteiger partial charge in [0.15, 0.2) is 0 Å². The van der Waals surface area contributed by atoms with Gasteiger partial charge < -0.3 is 10.6 Å². The monoisotopic (exact) mass is 291 g/mol. The highest BCUT2D eigenvalue weighted by molar-refractivity contribution is 5.76. The molecular weight excluding hydrogens is 266 g/mol. The molecule has 0 aromatic heterocycles. The summed E-state index contributed by atoms with van der Waals surface area (Å²) in [6.07, 6.45) is 7.22. The van der Waals surface area contributed by atoms with Gasteiger partial charge in [-0.2, -0.15) is 0 Å². The molecule has 2 rings (SSSR count). The molecule has 1 aliphatic carbocycles. The topological polar surface area (TPSA) is 67.2 Å². The van der Waals surface area contributed by atoms with Crippen molar-refractivity contribution in [2.45, 2.75) is 51.5 Å². The van der Waals surface area contributed by atoms with Crippen molar-refractivity contribution >= 4 is 17.1 Å². The molecule has 116 valence electrons. The number of nitro groups is 1. The Labute approximate surface area is 126 Å². The number of benzene rings is 1. The van der Waals surface area contributed by atoms with E-state index in [-0.39, 0.29) is 10.6 Å². The number of hydrogen-bond donors (Lipinski definition) is 2. The van der Waals surface area contributed by atoms with Crippen LogP contribution < -0.4 is 10.6 Å². The van der Waals surface area contributed by atoms with Gasteiger partial charge in [-0.15, -0.1) is 0 Å². The quantitative estimate of drug-likeness (QED) is 0.602. The van der Waals surface area contributed by atoms with Gasteiger partial charge in [0.05, 0.1) is 4.92 Å². The summed E-state index contributed by atoms with van der Waals surface area (Å²) in [6, 6.07) is 5.74. The van der Waals surface area contributed by atoms with E-state index in [1.165, 1.54) is 25.7 Å². The molecule has 0 bridgehead atoms. The van der Waals surface area contributed by atoms with E-state index in [1.807, 2.05) is 6.07 Å². The Hall–Kier alpha value is -1.78. The minimum absolute atomic E-state index is 0.149. The number of nitrogens with one attached hydrogen (secondary N) is 2. The highest BCUT2D eigenvalue weighted by Crippen LogP contribution is 2.35. The zero-order valence-corrected chi connectivity index (χ0v) is 12.9. The van der Waals surface area contributed by atoms with E-state index in [2.05, 4.69) is 17.6 Å². The Morgan fingerprint density at radius 3 is 2.48 bits per heavy atom. The number of para-hydroxylation sites is 1. The van der Waals surface area contributed by atoms with Crippen LogP contribution in [0.15, 0.2) is 18.2 Å². The molecule has 0 unspecified atom stereocenters. The van der Waals surface area contributed by atoms with Gasteiger partial charge in [-0.3, -0.25) is 10.1 Å². The maximum absolute atomic E-state index is 11.3. The molecule has 1 aromatic carbocycles. The van der Waals surface area contributed by atoms with Crippen LogP contribution in [0.1, 0.15) is 45.4 Å². The molecule has 1 aromatic rings. The van der Waals surface area contributed by atoms with Crippen LogP contribution in [0.3, 0.4) is 0 Å². The Morgan fingerprint density at radius 2 is 1.90 bits per heavy atom. The second-order valence-electron chi connectivity index (χ2n) is 5.86. The summed E-state index contributed by atoms with van der Waals surface area (Å²) in [5.74, 6) is 0.840. The molecule has 0 spiro atoms. The summed E-state index contributed by atoms with van der Waals surface area (Å²) in [4.78, 5) is 11.0. The fourth-order valence-corrected chi connectivity index (χ4v) is 3.28. The first-order chi connectivity index (χ1) is 10.2. The minimum atomic E-state index is -0.309. The van der Waals surface area contributed by atoms with E-state index >= 15 is 0 Å². The number of nitro benzene ring substituents is 1. The lowest BCUT2D eigenvalue weighted by Gasteiger charge is -2.29. The maximum atomic E-state index is 11.3. The molecule has 0 heterocycles. The first kappa shape index (κ1) is 15.6. The van der Waals surface area contributed by atoms with Crippen molar-refractivity contribution in [1.29, 1.82) is 0 Å². The highest BCUT2D eigenvalue weighted by Gasteiger charge is 2.24. The molecule has 0 aliphatic heterocycles. The van der Waals surface area contributed by atoms with Crippen molar-refractivity contribution in [3.63, 3.8) is 0 Å². The molecule has 0 saturated heterocycles. The smallest absolute Gasteiger partial charge is 0.315 e. The van der Waals surface area contributed by atoms with Crippen LogP contribution in [0.2, 0.25) is 0 Å². The molecule has 0 amide bonds. The fourth-order valence-electron chi connectivity index (χ4n) is 3.28. The van der Waals surface area contributed by atoms with Crippen LogP contribution in [-0.2, 0) is 0 Å². The zero-order valence-electron chi connectivity index (χ0n) is 12.9. The van der Waals surface area contributed by atoms with Crippen molar-refractivity contribution in [3.05, 3.63) is 28.3 Å². The van der Waals surface area contributed by atoms with Crippen molar-refractivity contribution in [2.24, 2.45) is 5.92 Å². The molecule has 1 aliphatic rings. The van der Waals surface area contributed by atoms with E-state index < -0.39 is 0 Å². The maximum Gasteiger partial charge on any atom is 0.315 e. The van der Waals surface area contributed by atoms with E-state index in [9.17, 15) is 10.1 Å². The van der Waals surface area contributed by atoms with Crippen LogP contribution in [0.4, 0.5) is 17.1 Å². The van der Waals surface area contributed by atoms with Gasteiger partial charge >= 0.3 is 5.69 Å². The first-order valence-corrected chi connectivity index (χ1v) is 7.87. The molecule has 1 fully saturated rings. The van der Waals surface area contributed by atoms with Gasteiger partial charge in [0.2, 0.25) is 0 Å². The largest absolute Gasteiger partial charge is 0.382 e. The molecule has 0 radical (unpaired) electrons. The summed E-state index contributed by atoms with van der Waals surface area (Å²) < 4.78 is 0. The Balaban J connectivity index is 2.05. The van der Waals surface area contributed by atoms with E-state index in [0.29, 0.717) is 17.4 Å². The van der Waals surface area contributed by atoms with Gasteiger partial charge in [-0.05, 0) is 43.7 Å². The van der Waals surface area contributed by atoms with Crippen LogP contribution >= 0.6 is 0 Å². The second kappa shape index (κ2) is 7.29. The molecule has 5 nitrogen and oxygen atoms in total. The van der Waals surface area contributed by atoms with E-state index in [1.54, 1.807) is 19.2 Å². The summed E-state index contributed by atoms with van der Waals surface area (Å²) in [5, 5.41) is 17.6. The van der Waals surface area contributed by atoms with Crippen LogP contribution in [-0.4, -0.2) is 18.0 Å². The standard InChI is InChI=1S/C16H25N3O2/c1-3-5-12-8-10-13(11-9-12)18-15-7-4-6-14(17-2)16(15)19(20)21/h4,6-7,12-13,17-18H,3,5,8-11H2,1-2H3. The molecule has 0 atom stereocenters. The van der Waals surface area contributed by atoms with Gasteiger partial charge in [-0.25, -0.2) is 0 Å². The van der Waals surface area contributed by atoms with Crippen molar-refractivity contribution in [1.82, 2.24) is 0 Å². The number of hydrogen-bond acceptors (Lipinski definition) is 4. The number of anilines is 2. The molecule has 1 saturated carbocycles. The van der Waals surface area contributed by atoms with Gasteiger partial charge in [-0.1, -0.05) is 25.8 Å². The van der Waals surface area contributed by atoms with Crippen molar-refractivity contribution < 1.29 is 4.92 Å². The van der Waals surface area contributed by atoms with E-state index in [0.717, 1.165) is 18.8 Å².